The summed E-state index contributed by atoms with van der Waals surface area (Å²) in [6, 6.07) is 1.51. The predicted octanol–water partition coefficient (Wildman–Crippen LogP) is -0.0855. The average Bonchev–Trinajstić information content (AvgIpc) is 3.31. The molecule has 0 radical (unpaired) electrons. The van der Waals surface area contributed by atoms with Crippen LogP contribution in [0, 0.1) is 12.8 Å². The summed E-state index contributed by atoms with van der Waals surface area (Å²) in [5.41, 5.74) is 1.95. The Morgan fingerprint density at radius 1 is 1.45 bits per heavy atom. The largest absolute Gasteiger partial charge is 0.477 e. The third kappa shape index (κ3) is 3.21. The standard InChI is InChI=1S/C17H21N7O4S/c1-8-6-11(19-23(8)4-5-29-17-18-20-21-22(17)3)10-7-12-13(9(2)25)15(26)24(12)14(10)16(27)28/h6,9,12-13,25H,4-5,7H2,1-3H3,(H,27,28)/t9-,12-,13-/m1/s1. The van der Waals surface area contributed by atoms with Crippen LogP contribution in [0.15, 0.2) is 16.9 Å². The third-order valence-electron chi connectivity index (χ3n) is 5.34. The smallest absolute Gasteiger partial charge is 0.352 e. The van der Waals surface area contributed by atoms with Crippen molar-refractivity contribution in [2.45, 2.75) is 44.1 Å². The highest BCUT2D eigenvalue weighted by molar-refractivity contribution is 7.99. The van der Waals surface area contributed by atoms with Crippen molar-refractivity contribution >= 4 is 29.2 Å². The second kappa shape index (κ2) is 7.26. The highest BCUT2D eigenvalue weighted by Crippen LogP contribution is 2.46. The average molecular weight is 419 g/mol. The summed E-state index contributed by atoms with van der Waals surface area (Å²) >= 11 is 1.50. The number of nitrogens with zero attached hydrogens (tertiary/aromatic N) is 7. The second-order valence-corrected chi connectivity index (χ2v) is 8.27. The Morgan fingerprint density at radius 2 is 2.21 bits per heavy atom. The molecule has 2 aliphatic rings. The van der Waals surface area contributed by atoms with E-state index in [1.54, 1.807) is 18.7 Å². The van der Waals surface area contributed by atoms with Gasteiger partial charge in [-0.25, -0.2) is 9.48 Å². The molecular formula is C17H21N7O4S. The van der Waals surface area contributed by atoms with Crippen molar-refractivity contribution in [2.24, 2.45) is 13.0 Å². The summed E-state index contributed by atoms with van der Waals surface area (Å²) in [5.74, 6) is -1.38. The Morgan fingerprint density at radius 3 is 2.83 bits per heavy atom. The number of aryl methyl sites for hydroxylation is 3. The Hall–Kier alpha value is -2.73. The van der Waals surface area contributed by atoms with E-state index in [2.05, 4.69) is 20.6 Å². The lowest BCUT2D eigenvalue weighted by molar-refractivity contribution is -0.161. The van der Waals surface area contributed by atoms with Gasteiger partial charge in [-0.05, 0) is 36.8 Å². The fourth-order valence-corrected chi connectivity index (χ4v) is 4.71. The lowest BCUT2D eigenvalue weighted by Gasteiger charge is -2.44. The number of carboxylic acids is 1. The van der Waals surface area contributed by atoms with E-state index in [0.717, 1.165) is 5.69 Å². The Balaban J connectivity index is 1.54. The first-order chi connectivity index (χ1) is 13.8. The summed E-state index contributed by atoms with van der Waals surface area (Å²) < 4.78 is 3.40. The van der Waals surface area contributed by atoms with Crippen molar-refractivity contribution in [3.63, 3.8) is 0 Å². The van der Waals surface area contributed by atoms with Gasteiger partial charge in [0, 0.05) is 24.1 Å². The minimum Gasteiger partial charge on any atom is -0.477 e. The molecule has 0 spiro atoms. The molecule has 2 N–H and O–H groups in total. The molecule has 11 nitrogen and oxygen atoms in total. The minimum absolute atomic E-state index is 0.0268. The van der Waals surface area contributed by atoms with Crippen LogP contribution in [0.2, 0.25) is 0 Å². The maximum Gasteiger partial charge on any atom is 0.352 e. The maximum atomic E-state index is 12.4. The highest BCUT2D eigenvalue weighted by atomic mass is 32.2. The van der Waals surface area contributed by atoms with Gasteiger partial charge in [0.1, 0.15) is 5.70 Å². The van der Waals surface area contributed by atoms with Gasteiger partial charge in [-0.1, -0.05) is 11.8 Å². The van der Waals surface area contributed by atoms with Gasteiger partial charge >= 0.3 is 5.97 Å². The van der Waals surface area contributed by atoms with Crippen LogP contribution < -0.4 is 0 Å². The number of tetrazole rings is 1. The Bertz CT molecular complexity index is 1010. The molecule has 0 saturated carbocycles. The van der Waals surface area contributed by atoms with Crippen LogP contribution in [0.4, 0.5) is 0 Å². The molecule has 4 heterocycles. The van der Waals surface area contributed by atoms with Crippen LogP contribution >= 0.6 is 11.8 Å². The second-order valence-electron chi connectivity index (χ2n) is 7.21. The number of aliphatic carboxylic acids is 1. The molecule has 154 valence electrons. The molecule has 4 rings (SSSR count). The fraction of sp³-hybridized carbons (Fsp3) is 0.529. The van der Waals surface area contributed by atoms with Crippen LogP contribution in [0.25, 0.3) is 5.57 Å². The van der Waals surface area contributed by atoms with Gasteiger partial charge in [0.15, 0.2) is 0 Å². The van der Waals surface area contributed by atoms with Gasteiger partial charge in [-0.15, -0.1) is 5.10 Å². The van der Waals surface area contributed by atoms with Crippen LogP contribution in [0.3, 0.4) is 0 Å². The molecule has 3 atom stereocenters. The number of amides is 1. The summed E-state index contributed by atoms with van der Waals surface area (Å²) in [4.78, 5) is 25.5. The number of aromatic nitrogens is 6. The zero-order valence-electron chi connectivity index (χ0n) is 16.2. The number of fused-ring (bicyclic) bond motifs is 1. The molecule has 12 heteroatoms. The number of hydrogen-bond acceptors (Lipinski definition) is 8. The van der Waals surface area contributed by atoms with E-state index >= 15 is 0 Å². The van der Waals surface area contributed by atoms with Gasteiger partial charge < -0.3 is 15.1 Å². The van der Waals surface area contributed by atoms with Crippen LogP contribution in [-0.4, -0.2) is 74.9 Å². The number of carboxylic acid groups (broad SMARTS) is 1. The minimum atomic E-state index is -1.16. The molecule has 0 bridgehead atoms. The van der Waals surface area contributed by atoms with E-state index in [-0.39, 0.29) is 17.6 Å². The van der Waals surface area contributed by atoms with E-state index < -0.39 is 18.0 Å². The maximum absolute atomic E-state index is 12.4. The number of carbonyl (C=O) groups excluding carboxylic acids is 1. The molecule has 0 aromatic carbocycles. The molecule has 2 aliphatic heterocycles. The molecule has 0 unspecified atom stereocenters. The first kappa shape index (κ1) is 19.6. The zero-order valence-corrected chi connectivity index (χ0v) is 17.0. The number of carbonyl (C=O) groups is 2. The van der Waals surface area contributed by atoms with Gasteiger partial charge in [0.25, 0.3) is 0 Å². The fourth-order valence-electron chi connectivity index (χ4n) is 3.95. The number of aliphatic hydroxyl groups excluding tert-OH is 1. The van der Waals surface area contributed by atoms with Crippen molar-refractivity contribution in [1.29, 1.82) is 0 Å². The summed E-state index contributed by atoms with van der Waals surface area (Å²) in [6.07, 6.45) is -0.441. The van der Waals surface area contributed by atoms with Crippen LogP contribution in [-0.2, 0) is 23.2 Å². The van der Waals surface area contributed by atoms with E-state index in [4.69, 9.17) is 0 Å². The molecule has 0 aliphatic carbocycles. The SMILES string of the molecule is Cc1cc(C2=C(C(=O)O)N3C(=O)[C@H]([C@@H](C)O)[C@H]3C2)nn1CCSc1nnnn1C. The van der Waals surface area contributed by atoms with Gasteiger partial charge in [0.2, 0.25) is 11.1 Å². The van der Waals surface area contributed by atoms with Crippen molar-refractivity contribution < 1.29 is 19.8 Å². The van der Waals surface area contributed by atoms with Gasteiger partial charge in [-0.2, -0.15) is 5.10 Å². The Kier molecular flexibility index (Phi) is 4.90. The zero-order chi connectivity index (χ0) is 20.9. The molecule has 1 amide bonds. The van der Waals surface area contributed by atoms with E-state index in [1.165, 1.54) is 16.7 Å². The summed E-state index contributed by atoms with van der Waals surface area (Å²) in [5, 5.41) is 36.1. The van der Waals surface area contributed by atoms with E-state index in [9.17, 15) is 19.8 Å². The molecule has 29 heavy (non-hydrogen) atoms. The molecule has 2 aromatic rings. The summed E-state index contributed by atoms with van der Waals surface area (Å²) in [7, 11) is 1.77. The number of hydrogen-bond donors (Lipinski definition) is 2. The third-order valence-corrected chi connectivity index (χ3v) is 6.33. The van der Waals surface area contributed by atoms with Crippen LogP contribution in [0.1, 0.15) is 24.7 Å². The predicted molar refractivity (Wildman–Crippen MR) is 101 cm³/mol. The number of rotatable bonds is 7. The van der Waals surface area contributed by atoms with E-state index in [0.29, 0.717) is 35.1 Å². The van der Waals surface area contributed by atoms with Crippen molar-refractivity contribution in [3.05, 3.63) is 23.2 Å². The lowest BCUT2D eigenvalue weighted by Crippen LogP contribution is -2.61. The quantitative estimate of drug-likeness (QED) is 0.466. The van der Waals surface area contributed by atoms with Gasteiger partial charge in [-0.3, -0.25) is 9.48 Å². The highest BCUT2D eigenvalue weighted by Gasteiger charge is 2.57. The first-order valence-corrected chi connectivity index (χ1v) is 10.2. The molecule has 1 saturated heterocycles. The van der Waals surface area contributed by atoms with Crippen LogP contribution in [0.5, 0.6) is 0 Å². The molecular weight excluding hydrogens is 398 g/mol. The monoisotopic (exact) mass is 419 g/mol. The number of thioether (sulfide) groups is 1. The van der Waals surface area contributed by atoms with E-state index in [1.807, 2.05) is 17.7 Å². The Labute approximate surface area is 170 Å². The molecule has 2 aromatic heterocycles. The first-order valence-electron chi connectivity index (χ1n) is 9.17. The van der Waals surface area contributed by atoms with Crippen molar-refractivity contribution in [1.82, 2.24) is 34.9 Å². The summed E-state index contributed by atoms with van der Waals surface area (Å²) in [6.45, 7) is 4.06. The molecule has 1 fully saturated rings. The normalized spacial score (nSPS) is 22.1. The number of β-lactam (4-membered cyclic amide) rings is 1. The van der Waals surface area contributed by atoms with Crippen molar-refractivity contribution in [3.8, 4) is 0 Å². The lowest BCUT2D eigenvalue weighted by atomic mass is 9.83. The topological polar surface area (TPSA) is 139 Å². The number of aliphatic hydroxyl groups is 1. The van der Waals surface area contributed by atoms with Gasteiger partial charge in [0.05, 0.1) is 30.3 Å². The van der Waals surface area contributed by atoms with Crippen molar-refractivity contribution in [2.75, 3.05) is 5.75 Å².